The molecule has 0 unspecified atom stereocenters. The first-order valence-corrected chi connectivity index (χ1v) is 4.46. The van der Waals surface area contributed by atoms with Crippen LogP contribution in [-0.4, -0.2) is 15.9 Å². The van der Waals surface area contributed by atoms with E-state index in [1.807, 2.05) is 0 Å². The van der Waals surface area contributed by atoms with Crippen LogP contribution < -0.4 is 17.1 Å². The van der Waals surface area contributed by atoms with Crippen LogP contribution in [0.2, 0.25) is 0 Å². The van der Waals surface area contributed by atoms with Crippen LogP contribution in [0, 0.1) is 11.3 Å². The Labute approximate surface area is 78.1 Å². The highest BCUT2D eigenvalue weighted by Gasteiger charge is 2.11. The van der Waals surface area contributed by atoms with Crippen molar-refractivity contribution in [2.45, 2.75) is 5.03 Å². The number of aromatic nitrogens is 2. The lowest BCUT2D eigenvalue weighted by molar-refractivity contribution is 0.863. The van der Waals surface area contributed by atoms with Crippen molar-refractivity contribution in [2.75, 3.05) is 17.8 Å². The molecular formula is C6H7N5OS. The summed E-state index contributed by atoms with van der Waals surface area (Å²) in [7, 11) is 0. The van der Waals surface area contributed by atoms with Gasteiger partial charge in [-0.05, 0) is 6.26 Å². The predicted molar refractivity (Wildman–Crippen MR) is 49.6 cm³/mol. The summed E-state index contributed by atoms with van der Waals surface area (Å²) in [5.41, 5.74) is 4.62. The van der Waals surface area contributed by atoms with Crippen LogP contribution in [0.3, 0.4) is 0 Å². The predicted octanol–water partition coefficient (Wildman–Crippen LogP) is -0.867. The zero-order chi connectivity index (χ0) is 10.0. The van der Waals surface area contributed by atoms with E-state index in [1.165, 1.54) is 11.8 Å². The van der Waals surface area contributed by atoms with E-state index in [4.69, 9.17) is 16.8 Å². The third kappa shape index (κ3) is 1.43. The summed E-state index contributed by atoms with van der Waals surface area (Å²) in [6.07, 6.45) is 1.70. The molecule has 0 aliphatic heterocycles. The van der Waals surface area contributed by atoms with Crippen molar-refractivity contribution in [3.05, 3.63) is 15.9 Å². The lowest BCUT2D eigenvalue weighted by atomic mass is 10.4. The number of nitrogens with zero attached hydrogens (tertiary/aromatic N) is 3. The van der Waals surface area contributed by atoms with Gasteiger partial charge in [-0.15, -0.1) is 11.8 Å². The Kier molecular flexibility index (Phi) is 2.44. The Bertz CT molecular complexity index is 432. The van der Waals surface area contributed by atoms with Gasteiger partial charge in [0, 0.05) is 0 Å². The Morgan fingerprint density at radius 1 is 1.69 bits per heavy atom. The molecule has 0 aliphatic rings. The number of thioether (sulfide) groups is 1. The zero-order valence-corrected chi connectivity index (χ0v) is 7.63. The highest BCUT2D eigenvalue weighted by molar-refractivity contribution is 7.98. The SMILES string of the molecule is CSc1nc(N)n(N)c(=O)c1C#N. The Balaban J connectivity index is 3.61. The second kappa shape index (κ2) is 3.37. The molecule has 0 amide bonds. The van der Waals surface area contributed by atoms with Crippen LogP contribution >= 0.6 is 11.8 Å². The smallest absolute Gasteiger partial charge is 0.292 e. The van der Waals surface area contributed by atoms with Crippen molar-refractivity contribution >= 4 is 17.7 Å². The number of rotatable bonds is 1. The molecule has 0 radical (unpaired) electrons. The Morgan fingerprint density at radius 2 is 2.31 bits per heavy atom. The van der Waals surface area contributed by atoms with Crippen molar-refractivity contribution in [1.29, 1.82) is 5.26 Å². The monoisotopic (exact) mass is 197 g/mol. The normalized spacial score (nSPS) is 9.54. The standard InChI is InChI=1S/C6H7N5OS/c1-13-4-3(2-7)5(12)11(9)6(8)10-4/h9H2,1H3,(H2,8,10). The fourth-order valence-corrected chi connectivity index (χ4v) is 1.30. The van der Waals surface area contributed by atoms with Gasteiger partial charge in [-0.1, -0.05) is 0 Å². The fraction of sp³-hybridized carbons (Fsp3) is 0.167. The first kappa shape index (κ1) is 9.41. The summed E-state index contributed by atoms with van der Waals surface area (Å²) < 4.78 is 0.651. The summed E-state index contributed by atoms with van der Waals surface area (Å²) in [5.74, 6) is 5.13. The molecule has 1 aromatic heterocycles. The quantitative estimate of drug-likeness (QED) is 0.344. The van der Waals surface area contributed by atoms with E-state index in [0.29, 0.717) is 9.70 Å². The average molecular weight is 197 g/mol. The van der Waals surface area contributed by atoms with Crippen LogP contribution in [0.25, 0.3) is 0 Å². The van der Waals surface area contributed by atoms with Gasteiger partial charge in [0.05, 0.1) is 0 Å². The van der Waals surface area contributed by atoms with Gasteiger partial charge in [-0.3, -0.25) is 4.79 Å². The average Bonchev–Trinajstić information content (AvgIpc) is 2.13. The number of nitrogen functional groups attached to an aromatic ring is 2. The highest BCUT2D eigenvalue weighted by Crippen LogP contribution is 2.14. The Morgan fingerprint density at radius 3 is 2.77 bits per heavy atom. The number of anilines is 1. The molecule has 1 aromatic rings. The maximum atomic E-state index is 11.3. The molecule has 1 heterocycles. The van der Waals surface area contributed by atoms with E-state index >= 15 is 0 Å². The van der Waals surface area contributed by atoms with Crippen LogP contribution in [0.4, 0.5) is 5.95 Å². The van der Waals surface area contributed by atoms with Crippen LogP contribution in [-0.2, 0) is 0 Å². The highest BCUT2D eigenvalue weighted by atomic mass is 32.2. The second-order valence-corrected chi connectivity index (χ2v) is 2.94. The van der Waals surface area contributed by atoms with E-state index in [2.05, 4.69) is 4.98 Å². The van der Waals surface area contributed by atoms with Crippen molar-refractivity contribution < 1.29 is 0 Å². The molecule has 13 heavy (non-hydrogen) atoms. The summed E-state index contributed by atoms with van der Waals surface area (Å²) in [6.45, 7) is 0. The van der Waals surface area contributed by atoms with Gasteiger partial charge >= 0.3 is 0 Å². The molecular weight excluding hydrogens is 190 g/mol. The third-order valence-corrected chi connectivity index (χ3v) is 2.10. The molecule has 4 N–H and O–H groups in total. The summed E-state index contributed by atoms with van der Waals surface area (Å²) in [5, 5.41) is 8.93. The number of hydrogen-bond donors (Lipinski definition) is 2. The molecule has 0 spiro atoms. The van der Waals surface area contributed by atoms with Gasteiger partial charge in [0.25, 0.3) is 5.56 Å². The van der Waals surface area contributed by atoms with Crippen LogP contribution in [0.5, 0.6) is 0 Å². The maximum absolute atomic E-state index is 11.3. The molecule has 7 heteroatoms. The minimum Gasteiger partial charge on any atom is -0.368 e. The van der Waals surface area contributed by atoms with Crippen molar-refractivity contribution in [2.24, 2.45) is 0 Å². The van der Waals surface area contributed by atoms with Gasteiger partial charge in [0.15, 0.2) is 5.56 Å². The van der Waals surface area contributed by atoms with Gasteiger partial charge in [-0.25, -0.2) is 4.98 Å². The van der Waals surface area contributed by atoms with Crippen molar-refractivity contribution in [1.82, 2.24) is 9.66 Å². The van der Waals surface area contributed by atoms with Gasteiger partial charge < -0.3 is 11.6 Å². The topological polar surface area (TPSA) is 111 Å². The molecule has 0 atom stereocenters. The molecule has 0 bridgehead atoms. The summed E-state index contributed by atoms with van der Waals surface area (Å²) in [6, 6.07) is 1.73. The molecule has 1 rings (SSSR count). The molecule has 68 valence electrons. The first-order valence-electron chi connectivity index (χ1n) is 3.23. The molecule has 0 saturated heterocycles. The molecule has 0 aromatic carbocycles. The van der Waals surface area contributed by atoms with Gasteiger partial charge in [0.2, 0.25) is 5.95 Å². The zero-order valence-electron chi connectivity index (χ0n) is 6.81. The largest absolute Gasteiger partial charge is 0.368 e. The first-order chi connectivity index (χ1) is 6.11. The fourth-order valence-electron chi connectivity index (χ4n) is 0.773. The molecule has 0 saturated carbocycles. The van der Waals surface area contributed by atoms with E-state index in [0.717, 1.165) is 0 Å². The number of hydrogen-bond acceptors (Lipinski definition) is 6. The van der Waals surface area contributed by atoms with E-state index in [-0.39, 0.29) is 11.5 Å². The maximum Gasteiger partial charge on any atom is 0.292 e. The summed E-state index contributed by atoms with van der Waals surface area (Å²) >= 11 is 1.17. The van der Waals surface area contributed by atoms with Crippen LogP contribution in [0.1, 0.15) is 5.56 Å². The lowest BCUT2D eigenvalue weighted by Crippen LogP contribution is -2.32. The minimum atomic E-state index is -0.626. The van der Waals surface area contributed by atoms with E-state index in [1.54, 1.807) is 12.3 Å². The molecule has 0 fully saturated rings. The number of nitrogens with two attached hydrogens (primary N) is 2. The van der Waals surface area contributed by atoms with E-state index < -0.39 is 5.56 Å². The second-order valence-electron chi connectivity index (χ2n) is 2.14. The lowest BCUT2D eigenvalue weighted by Gasteiger charge is -2.04. The molecule has 6 nitrogen and oxygen atoms in total. The summed E-state index contributed by atoms with van der Waals surface area (Å²) in [4.78, 5) is 15.1. The van der Waals surface area contributed by atoms with Crippen molar-refractivity contribution in [3.63, 3.8) is 0 Å². The molecule has 0 aliphatic carbocycles. The van der Waals surface area contributed by atoms with Crippen molar-refractivity contribution in [3.8, 4) is 6.07 Å². The third-order valence-electron chi connectivity index (χ3n) is 1.41. The van der Waals surface area contributed by atoms with Crippen LogP contribution in [0.15, 0.2) is 9.82 Å². The van der Waals surface area contributed by atoms with Gasteiger partial charge in [0.1, 0.15) is 11.1 Å². The number of nitriles is 1. The minimum absolute atomic E-state index is 0.0794. The van der Waals surface area contributed by atoms with Gasteiger partial charge in [-0.2, -0.15) is 9.94 Å². The van der Waals surface area contributed by atoms with E-state index in [9.17, 15) is 4.79 Å². The Hall–Kier alpha value is -1.68.